The zero-order chi connectivity index (χ0) is 14.4. The van der Waals surface area contributed by atoms with Crippen molar-refractivity contribution in [3.8, 4) is 0 Å². The summed E-state index contributed by atoms with van der Waals surface area (Å²) in [4.78, 5) is 4.40. The Morgan fingerprint density at radius 3 is 2.75 bits per heavy atom. The van der Waals surface area contributed by atoms with Gasteiger partial charge in [-0.1, -0.05) is 5.16 Å². The fourth-order valence-corrected chi connectivity index (χ4v) is 2.55. The Morgan fingerprint density at radius 1 is 1.40 bits per heavy atom. The molecule has 1 aromatic heterocycles. The predicted octanol–water partition coefficient (Wildman–Crippen LogP) is 1.86. The Labute approximate surface area is 120 Å². The average molecular weight is 283 g/mol. The second kappa shape index (κ2) is 7.71. The van der Waals surface area contributed by atoms with Crippen LogP contribution in [-0.2, 0) is 9.47 Å². The average Bonchev–Trinajstić information content (AvgIpc) is 2.90. The molecular weight excluding hydrogens is 258 g/mol. The number of nitrogens with one attached hydrogen (secondary N) is 1. The van der Waals surface area contributed by atoms with Gasteiger partial charge in [-0.3, -0.25) is 0 Å². The van der Waals surface area contributed by atoms with Crippen LogP contribution in [0.1, 0.15) is 44.4 Å². The lowest BCUT2D eigenvalue weighted by Crippen LogP contribution is -2.39. The molecule has 20 heavy (non-hydrogen) atoms. The molecule has 1 N–H and O–H groups in total. The maximum Gasteiger partial charge on any atom is 0.244 e. The quantitative estimate of drug-likeness (QED) is 0.823. The summed E-state index contributed by atoms with van der Waals surface area (Å²) >= 11 is 0. The van der Waals surface area contributed by atoms with Gasteiger partial charge in [-0.15, -0.1) is 0 Å². The van der Waals surface area contributed by atoms with E-state index in [9.17, 15) is 0 Å². The van der Waals surface area contributed by atoms with Crippen LogP contribution in [0, 0.1) is 12.8 Å². The van der Waals surface area contributed by atoms with E-state index in [1.807, 2.05) is 13.8 Å². The highest BCUT2D eigenvalue weighted by Crippen LogP contribution is 2.29. The molecule has 0 aliphatic carbocycles. The highest BCUT2D eigenvalue weighted by Gasteiger charge is 2.30. The van der Waals surface area contributed by atoms with Crippen LogP contribution in [0.15, 0.2) is 4.52 Å². The lowest BCUT2D eigenvalue weighted by molar-refractivity contribution is 0.0428. The molecule has 6 heteroatoms. The Hall–Kier alpha value is -0.980. The third kappa shape index (κ3) is 4.26. The number of ether oxygens (including phenoxy) is 2. The third-order valence-electron chi connectivity index (χ3n) is 3.58. The fraction of sp³-hybridized carbons (Fsp3) is 0.857. The second-order valence-corrected chi connectivity index (χ2v) is 5.33. The maximum absolute atomic E-state index is 5.47. The lowest BCUT2D eigenvalue weighted by atomic mass is 9.91. The molecule has 1 aliphatic rings. The summed E-state index contributed by atoms with van der Waals surface area (Å²) in [6.07, 6.45) is 2.03. The number of aryl methyl sites for hydroxylation is 1. The summed E-state index contributed by atoms with van der Waals surface area (Å²) < 4.78 is 16.3. The molecule has 2 atom stereocenters. The van der Waals surface area contributed by atoms with E-state index in [0.717, 1.165) is 32.7 Å². The van der Waals surface area contributed by atoms with E-state index < -0.39 is 0 Å². The van der Waals surface area contributed by atoms with Crippen molar-refractivity contribution in [3.05, 3.63) is 11.7 Å². The maximum atomic E-state index is 5.47. The SMILES string of the molecule is CCOC[C@H](C)N[C@@H](c1nc(C)no1)C1CCOCC1. The minimum Gasteiger partial charge on any atom is -0.381 e. The van der Waals surface area contributed by atoms with E-state index in [1.165, 1.54) is 0 Å². The van der Waals surface area contributed by atoms with Crippen LogP contribution in [0.5, 0.6) is 0 Å². The van der Waals surface area contributed by atoms with Gasteiger partial charge >= 0.3 is 0 Å². The molecule has 0 unspecified atom stereocenters. The Balaban J connectivity index is 2.03. The summed E-state index contributed by atoms with van der Waals surface area (Å²) in [6, 6.07) is 0.325. The zero-order valence-corrected chi connectivity index (χ0v) is 12.6. The molecule has 1 fully saturated rings. The lowest BCUT2D eigenvalue weighted by Gasteiger charge is -2.30. The molecule has 114 valence electrons. The first kappa shape index (κ1) is 15.4. The molecule has 0 radical (unpaired) electrons. The van der Waals surface area contributed by atoms with Crippen LogP contribution in [0.4, 0.5) is 0 Å². The zero-order valence-electron chi connectivity index (χ0n) is 12.6. The van der Waals surface area contributed by atoms with Gasteiger partial charge in [-0.25, -0.2) is 0 Å². The monoisotopic (exact) mass is 283 g/mol. The van der Waals surface area contributed by atoms with Crippen LogP contribution in [0.25, 0.3) is 0 Å². The van der Waals surface area contributed by atoms with Crippen molar-refractivity contribution in [3.63, 3.8) is 0 Å². The van der Waals surface area contributed by atoms with Crippen molar-refractivity contribution in [1.29, 1.82) is 0 Å². The highest BCUT2D eigenvalue weighted by atomic mass is 16.5. The standard InChI is InChI=1S/C14H25N3O3/c1-4-18-9-10(2)15-13(12-5-7-19-8-6-12)14-16-11(3)17-20-14/h10,12-13,15H,4-9H2,1-3H3/t10-,13+/m0/s1. The van der Waals surface area contributed by atoms with E-state index in [4.69, 9.17) is 14.0 Å². The molecule has 2 heterocycles. The molecule has 1 aromatic rings. The normalized spacial score (nSPS) is 19.9. The van der Waals surface area contributed by atoms with E-state index >= 15 is 0 Å². The first-order valence-electron chi connectivity index (χ1n) is 7.42. The number of hydrogen-bond donors (Lipinski definition) is 1. The van der Waals surface area contributed by atoms with Crippen molar-refractivity contribution in [1.82, 2.24) is 15.5 Å². The van der Waals surface area contributed by atoms with Gasteiger partial charge in [0.05, 0.1) is 12.6 Å². The van der Waals surface area contributed by atoms with Crippen molar-refractivity contribution in [2.75, 3.05) is 26.4 Å². The summed E-state index contributed by atoms with van der Waals surface area (Å²) in [5.74, 6) is 1.82. The molecule has 1 aliphatic heterocycles. The fourth-order valence-electron chi connectivity index (χ4n) is 2.55. The van der Waals surface area contributed by atoms with Crippen molar-refractivity contribution < 1.29 is 14.0 Å². The number of nitrogens with zero attached hydrogens (tertiary/aromatic N) is 2. The summed E-state index contributed by atoms with van der Waals surface area (Å²) in [6.45, 7) is 8.98. The first-order chi connectivity index (χ1) is 9.70. The van der Waals surface area contributed by atoms with Crippen LogP contribution in [0.3, 0.4) is 0 Å². The largest absolute Gasteiger partial charge is 0.381 e. The summed E-state index contributed by atoms with van der Waals surface area (Å²) in [5, 5.41) is 7.49. The molecular formula is C14H25N3O3. The van der Waals surface area contributed by atoms with Crippen LogP contribution in [0.2, 0.25) is 0 Å². The van der Waals surface area contributed by atoms with Gasteiger partial charge in [0.25, 0.3) is 0 Å². The molecule has 0 saturated carbocycles. The van der Waals surface area contributed by atoms with Crippen molar-refractivity contribution >= 4 is 0 Å². The third-order valence-corrected chi connectivity index (χ3v) is 3.58. The molecule has 2 rings (SSSR count). The number of rotatable bonds is 7. The molecule has 1 saturated heterocycles. The van der Waals surface area contributed by atoms with Gasteiger partial charge in [0.15, 0.2) is 5.82 Å². The predicted molar refractivity (Wildman–Crippen MR) is 74.4 cm³/mol. The molecule has 0 amide bonds. The van der Waals surface area contributed by atoms with E-state index in [1.54, 1.807) is 0 Å². The molecule has 0 aromatic carbocycles. The Morgan fingerprint density at radius 2 is 2.15 bits per heavy atom. The smallest absolute Gasteiger partial charge is 0.244 e. The van der Waals surface area contributed by atoms with Gasteiger partial charge in [-0.05, 0) is 39.5 Å². The van der Waals surface area contributed by atoms with E-state index in [-0.39, 0.29) is 12.1 Å². The Bertz CT molecular complexity index is 391. The van der Waals surface area contributed by atoms with Gasteiger partial charge in [0.2, 0.25) is 5.89 Å². The van der Waals surface area contributed by atoms with Crippen molar-refractivity contribution in [2.24, 2.45) is 5.92 Å². The number of hydrogen-bond acceptors (Lipinski definition) is 6. The molecule has 0 spiro atoms. The van der Waals surface area contributed by atoms with Gasteiger partial charge in [0.1, 0.15) is 0 Å². The minimum absolute atomic E-state index is 0.0792. The van der Waals surface area contributed by atoms with E-state index in [2.05, 4.69) is 22.4 Å². The first-order valence-corrected chi connectivity index (χ1v) is 7.42. The number of aromatic nitrogens is 2. The van der Waals surface area contributed by atoms with Crippen LogP contribution < -0.4 is 5.32 Å². The van der Waals surface area contributed by atoms with Crippen molar-refractivity contribution in [2.45, 2.75) is 45.7 Å². The topological polar surface area (TPSA) is 69.4 Å². The summed E-state index contributed by atoms with van der Waals surface area (Å²) in [7, 11) is 0. The van der Waals surface area contributed by atoms with E-state index in [0.29, 0.717) is 24.2 Å². The second-order valence-electron chi connectivity index (χ2n) is 5.33. The Kier molecular flexibility index (Phi) is 5.94. The molecule has 0 bridgehead atoms. The highest BCUT2D eigenvalue weighted by molar-refractivity contribution is 4.96. The minimum atomic E-state index is 0.0792. The van der Waals surface area contributed by atoms with Crippen LogP contribution >= 0.6 is 0 Å². The van der Waals surface area contributed by atoms with Gasteiger partial charge in [0, 0.05) is 25.9 Å². The van der Waals surface area contributed by atoms with Gasteiger partial charge in [-0.2, -0.15) is 4.98 Å². The van der Waals surface area contributed by atoms with Crippen LogP contribution in [-0.4, -0.2) is 42.6 Å². The summed E-state index contributed by atoms with van der Waals surface area (Å²) in [5.41, 5.74) is 0. The van der Waals surface area contributed by atoms with Gasteiger partial charge < -0.3 is 19.3 Å². The molecule has 6 nitrogen and oxygen atoms in total.